The smallest absolute Gasteiger partial charge is 0.321 e. The van der Waals surface area contributed by atoms with Gasteiger partial charge in [-0.3, -0.25) is 9.59 Å². The minimum absolute atomic E-state index is 0.0935. The molecule has 5 nitrogen and oxygen atoms in total. The van der Waals surface area contributed by atoms with Crippen LogP contribution in [0.25, 0.3) is 0 Å². The fraction of sp³-hybridized carbons (Fsp3) is 0.733. The van der Waals surface area contributed by atoms with Gasteiger partial charge in [0.05, 0.1) is 6.10 Å². The van der Waals surface area contributed by atoms with Crippen LogP contribution in [0.1, 0.15) is 46.5 Å². The highest BCUT2D eigenvalue weighted by Gasteiger charge is 2.65. The van der Waals surface area contributed by atoms with Crippen molar-refractivity contribution < 1.29 is 24.9 Å². The minimum atomic E-state index is -1.69. The number of rotatable bonds is 8. The molecule has 0 aromatic heterocycles. The number of carboxylic acids is 2. The monoisotopic (exact) mass is 284 g/mol. The number of unbranched alkanes of at least 4 members (excludes halogenated alkanes) is 1. The van der Waals surface area contributed by atoms with Gasteiger partial charge in [-0.15, -0.1) is 0 Å². The molecule has 3 N–H and O–H groups in total. The molecule has 0 aromatic carbocycles. The minimum Gasteiger partial charge on any atom is -0.480 e. The van der Waals surface area contributed by atoms with Crippen molar-refractivity contribution >= 4 is 11.9 Å². The Kier molecular flexibility index (Phi) is 4.97. The highest BCUT2D eigenvalue weighted by atomic mass is 16.4. The topological polar surface area (TPSA) is 94.8 Å². The summed E-state index contributed by atoms with van der Waals surface area (Å²) in [5, 5.41) is 28.2. The maximum atomic E-state index is 11.0. The largest absolute Gasteiger partial charge is 0.480 e. The fourth-order valence-electron chi connectivity index (χ4n) is 2.38. The van der Waals surface area contributed by atoms with Gasteiger partial charge in [0.1, 0.15) is 0 Å². The van der Waals surface area contributed by atoms with Gasteiger partial charge in [-0.1, -0.05) is 45.8 Å². The maximum absolute atomic E-state index is 11.0. The van der Waals surface area contributed by atoms with E-state index in [0.29, 0.717) is 0 Å². The predicted molar refractivity (Wildman–Crippen MR) is 74.3 cm³/mol. The van der Waals surface area contributed by atoms with Crippen LogP contribution < -0.4 is 0 Å². The standard InChI is InChI=1S/C15H24O5/c1-4-5-8-14(2,3)11(16)7-6-10-9-15(10,12(17)18)13(19)20/h6-7,10-11,16H,4-5,8-9H2,1-3H3,(H,17,18)(H,19,20). The van der Waals surface area contributed by atoms with Crippen molar-refractivity contribution in [1.29, 1.82) is 0 Å². The lowest BCUT2D eigenvalue weighted by Gasteiger charge is -2.28. The summed E-state index contributed by atoms with van der Waals surface area (Å²) >= 11 is 0. The Bertz CT molecular complexity index is 396. The highest BCUT2D eigenvalue weighted by Crippen LogP contribution is 2.54. The van der Waals surface area contributed by atoms with E-state index in [9.17, 15) is 14.7 Å². The Hall–Kier alpha value is -1.36. The summed E-state index contributed by atoms with van der Waals surface area (Å²) in [5.41, 5.74) is -1.99. The average Bonchev–Trinajstić information content (AvgIpc) is 3.09. The molecule has 1 rings (SSSR count). The average molecular weight is 284 g/mol. The van der Waals surface area contributed by atoms with Crippen LogP contribution in [0.4, 0.5) is 0 Å². The third kappa shape index (κ3) is 3.20. The van der Waals surface area contributed by atoms with E-state index in [4.69, 9.17) is 10.2 Å². The van der Waals surface area contributed by atoms with Gasteiger partial charge in [-0.05, 0) is 18.3 Å². The third-order valence-electron chi connectivity index (χ3n) is 4.28. The van der Waals surface area contributed by atoms with Crippen LogP contribution in [0.3, 0.4) is 0 Å². The first-order valence-electron chi connectivity index (χ1n) is 7.01. The summed E-state index contributed by atoms with van der Waals surface area (Å²) in [6, 6.07) is 0. The summed E-state index contributed by atoms with van der Waals surface area (Å²) in [7, 11) is 0. The summed E-state index contributed by atoms with van der Waals surface area (Å²) in [6.07, 6.45) is 5.40. The van der Waals surface area contributed by atoms with E-state index in [1.54, 1.807) is 12.2 Å². The van der Waals surface area contributed by atoms with Gasteiger partial charge in [0.15, 0.2) is 5.41 Å². The molecule has 0 bridgehead atoms. The van der Waals surface area contributed by atoms with Gasteiger partial charge in [-0.25, -0.2) is 0 Å². The summed E-state index contributed by atoms with van der Waals surface area (Å²) in [4.78, 5) is 22.1. The summed E-state index contributed by atoms with van der Waals surface area (Å²) in [6.45, 7) is 5.98. The van der Waals surface area contributed by atoms with E-state index in [-0.39, 0.29) is 11.8 Å². The molecule has 0 radical (unpaired) electrons. The Balaban J connectivity index is 2.66. The van der Waals surface area contributed by atoms with Crippen LogP contribution >= 0.6 is 0 Å². The van der Waals surface area contributed by atoms with Crippen molar-refractivity contribution in [3.05, 3.63) is 12.2 Å². The number of carboxylic acid groups (broad SMARTS) is 2. The molecule has 0 amide bonds. The lowest BCUT2D eigenvalue weighted by molar-refractivity contribution is -0.157. The molecule has 1 fully saturated rings. The maximum Gasteiger partial charge on any atom is 0.321 e. The number of hydrogen-bond acceptors (Lipinski definition) is 3. The molecule has 0 saturated heterocycles. The number of hydrogen-bond donors (Lipinski definition) is 3. The second kappa shape index (κ2) is 5.95. The van der Waals surface area contributed by atoms with Crippen molar-refractivity contribution in [2.75, 3.05) is 0 Å². The van der Waals surface area contributed by atoms with Crippen molar-refractivity contribution in [2.24, 2.45) is 16.7 Å². The second-order valence-electron chi connectivity index (χ2n) is 6.31. The van der Waals surface area contributed by atoms with Gasteiger partial charge in [0, 0.05) is 5.92 Å². The van der Waals surface area contributed by atoms with Crippen LogP contribution in [0.15, 0.2) is 12.2 Å². The lowest BCUT2D eigenvalue weighted by Crippen LogP contribution is -2.28. The van der Waals surface area contributed by atoms with Crippen LogP contribution in [0.2, 0.25) is 0 Å². The van der Waals surface area contributed by atoms with Gasteiger partial charge in [0.25, 0.3) is 0 Å². The number of aliphatic carboxylic acids is 2. The molecule has 1 saturated carbocycles. The highest BCUT2D eigenvalue weighted by molar-refractivity contribution is 6.02. The molecule has 114 valence electrons. The Labute approximate surface area is 119 Å². The van der Waals surface area contributed by atoms with E-state index in [0.717, 1.165) is 19.3 Å². The van der Waals surface area contributed by atoms with E-state index in [1.165, 1.54) is 0 Å². The zero-order chi connectivity index (χ0) is 15.6. The predicted octanol–water partition coefficient (Wildman–Crippen LogP) is 2.30. The van der Waals surface area contributed by atoms with Crippen LogP contribution in [0, 0.1) is 16.7 Å². The van der Waals surface area contributed by atoms with E-state index in [1.807, 2.05) is 13.8 Å². The normalized spacial score (nSPS) is 22.7. The van der Waals surface area contributed by atoms with Crippen molar-refractivity contribution in [3.63, 3.8) is 0 Å². The number of aliphatic hydroxyl groups excluding tert-OH is 1. The fourth-order valence-corrected chi connectivity index (χ4v) is 2.38. The lowest BCUT2D eigenvalue weighted by atomic mass is 9.81. The van der Waals surface area contributed by atoms with Crippen LogP contribution in [0.5, 0.6) is 0 Å². The van der Waals surface area contributed by atoms with Gasteiger partial charge >= 0.3 is 11.9 Å². The van der Waals surface area contributed by atoms with E-state index < -0.39 is 29.4 Å². The Morgan fingerprint density at radius 2 is 1.90 bits per heavy atom. The molecule has 1 aliphatic carbocycles. The molecule has 1 aliphatic rings. The number of carbonyl (C=O) groups is 2. The van der Waals surface area contributed by atoms with Crippen molar-refractivity contribution in [3.8, 4) is 0 Å². The second-order valence-corrected chi connectivity index (χ2v) is 6.31. The molecule has 20 heavy (non-hydrogen) atoms. The summed E-state index contributed by atoms with van der Waals surface area (Å²) in [5.74, 6) is -3.15. The molecule has 0 spiro atoms. The third-order valence-corrected chi connectivity index (χ3v) is 4.28. The SMILES string of the molecule is CCCCC(C)(C)C(O)C=CC1CC1(C(=O)O)C(=O)O. The van der Waals surface area contributed by atoms with Gasteiger partial charge in [0.2, 0.25) is 0 Å². The van der Waals surface area contributed by atoms with Gasteiger partial charge < -0.3 is 15.3 Å². The van der Waals surface area contributed by atoms with Crippen molar-refractivity contribution in [2.45, 2.75) is 52.6 Å². The molecule has 5 heteroatoms. The molecule has 0 aromatic rings. The first-order valence-corrected chi connectivity index (χ1v) is 7.01. The first kappa shape index (κ1) is 16.7. The number of allylic oxidation sites excluding steroid dienone is 1. The van der Waals surface area contributed by atoms with E-state index >= 15 is 0 Å². The van der Waals surface area contributed by atoms with Crippen LogP contribution in [-0.4, -0.2) is 33.4 Å². The Morgan fingerprint density at radius 3 is 2.30 bits per heavy atom. The van der Waals surface area contributed by atoms with E-state index in [2.05, 4.69) is 6.92 Å². The van der Waals surface area contributed by atoms with Crippen LogP contribution in [-0.2, 0) is 9.59 Å². The molecule has 2 atom stereocenters. The summed E-state index contributed by atoms with van der Waals surface area (Å²) < 4.78 is 0. The molecule has 2 unspecified atom stereocenters. The molecular weight excluding hydrogens is 260 g/mol. The molecular formula is C15H24O5. The number of aliphatic hydroxyl groups is 1. The quantitative estimate of drug-likeness (QED) is 0.469. The molecule has 0 heterocycles. The molecule has 0 aliphatic heterocycles. The first-order chi connectivity index (χ1) is 9.18. The Morgan fingerprint density at radius 1 is 1.35 bits per heavy atom. The van der Waals surface area contributed by atoms with Gasteiger partial charge in [-0.2, -0.15) is 0 Å². The van der Waals surface area contributed by atoms with Crippen molar-refractivity contribution in [1.82, 2.24) is 0 Å². The zero-order valence-electron chi connectivity index (χ0n) is 12.3. The zero-order valence-corrected chi connectivity index (χ0v) is 12.3.